The summed E-state index contributed by atoms with van der Waals surface area (Å²) < 4.78 is 14.5. The third-order valence-corrected chi connectivity index (χ3v) is 4.54. The molecule has 20 heavy (non-hydrogen) atoms. The Hall–Kier alpha value is -1.59. The Kier molecular flexibility index (Phi) is 3.63. The summed E-state index contributed by atoms with van der Waals surface area (Å²) in [6.07, 6.45) is 0.234. The molecule has 0 saturated carbocycles. The fourth-order valence-electron chi connectivity index (χ4n) is 1.90. The summed E-state index contributed by atoms with van der Waals surface area (Å²) in [6, 6.07) is 12.1. The topological polar surface area (TPSA) is 30.0 Å². The second-order valence-electron chi connectivity index (χ2n) is 4.30. The number of carbonyl (C=O) groups excluding carboxylic acids is 1. The Balaban J connectivity index is 1.86. The molecule has 5 heteroatoms. The highest BCUT2D eigenvalue weighted by atomic mass is 79.9. The monoisotopic (exact) mass is 349 g/mol. The van der Waals surface area contributed by atoms with Crippen LogP contribution in [0.4, 0.5) is 4.39 Å². The minimum Gasteiger partial charge on any atom is -0.294 e. The Morgan fingerprint density at radius 2 is 2.05 bits per heavy atom. The highest BCUT2D eigenvalue weighted by Crippen LogP contribution is 2.23. The zero-order valence-corrected chi connectivity index (χ0v) is 12.7. The first-order chi connectivity index (χ1) is 9.63. The molecule has 0 aliphatic carbocycles. The van der Waals surface area contributed by atoms with Gasteiger partial charge in [0.2, 0.25) is 0 Å². The lowest BCUT2D eigenvalue weighted by atomic mass is 10.1. The Morgan fingerprint density at radius 1 is 1.25 bits per heavy atom. The molecule has 0 spiro atoms. The van der Waals surface area contributed by atoms with E-state index in [9.17, 15) is 9.18 Å². The lowest BCUT2D eigenvalue weighted by Gasteiger charge is -2.00. The van der Waals surface area contributed by atoms with Crippen LogP contribution in [0.25, 0.3) is 10.2 Å². The summed E-state index contributed by atoms with van der Waals surface area (Å²) in [7, 11) is 0. The van der Waals surface area contributed by atoms with E-state index in [0.29, 0.717) is 10.0 Å². The average Bonchev–Trinajstić information content (AvgIpc) is 2.83. The molecule has 0 aliphatic rings. The Bertz CT molecular complexity index is 766. The molecule has 0 saturated heterocycles. The molecule has 0 aliphatic heterocycles. The molecule has 0 amide bonds. The molecule has 0 N–H and O–H groups in total. The van der Waals surface area contributed by atoms with Crippen LogP contribution in [-0.4, -0.2) is 10.8 Å². The maximum atomic E-state index is 13.2. The van der Waals surface area contributed by atoms with Gasteiger partial charge in [-0.15, -0.1) is 11.3 Å². The van der Waals surface area contributed by atoms with Crippen molar-refractivity contribution in [2.45, 2.75) is 6.42 Å². The zero-order chi connectivity index (χ0) is 14.1. The number of fused-ring (bicyclic) bond motifs is 1. The van der Waals surface area contributed by atoms with E-state index < -0.39 is 0 Å². The second kappa shape index (κ2) is 5.42. The molecular weight excluding hydrogens is 341 g/mol. The van der Waals surface area contributed by atoms with Crippen LogP contribution >= 0.6 is 27.3 Å². The van der Waals surface area contributed by atoms with Crippen molar-refractivity contribution in [2.24, 2.45) is 0 Å². The summed E-state index contributed by atoms with van der Waals surface area (Å²) in [6.45, 7) is 0. The van der Waals surface area contributed by atoms with Crippen molar-refractivity contribution in [2.75, 3.05) is 0 Å². The van der Waals surface area contributed by atoms with Gasteiger partial charge in [-0.3, -0.25) is 4.79 Å². The van der Waals surface area contributed by atoms with Crippen molar-refractivity contribution in [3.05, 3.63) is 63.3 Å². The van der Waals surface area contributed by atoms with Gasteiger partial charge in [-0.1, -0.05) is 12.1 Å². The van der Waals surface area contributed by atoms with Crippen LogP contribution in [0.3, 0.4) is 0 Å². The third-order valence-electron chi connectivity index (χ3n) is 2.89. The first-order valence-electron chi connectivity index (χ1n) is 5.96. The van der Waals surface area contributed by atoms with Crippen molar-refractivity contribution >= 4 is 43.3 Å². The van der Waals surface area contributed by atoms with Crippen LogP contribution < -0.4 is 0 Å². The lowest BCUT2D eigenvalue weighted by molar-refractivity contribution is 0.0993. The molecule has 0 atom stereocenters. The smallest absolute Gasteiger partial charge is 0.169 e. The van der Waals surface area contributed by atoms with Gasteiger partial charge >= 0.3 is 0 Å². The van der Waals surface area contributed by atoms with E-state index in [0.717, 1.165) is 15.2 Å². The molecule has 1 heterocycles. The fourth-order valence-corrected chi connectivity index (χ4v) is 3.25. The summed E-state index contributed by atoms with van der Waals surface area (Å²) in [4.78, 5) is 16.6. The van der Waals surface area contributed by atoms with Gasteiger partial charge in [0.15, 0.2) is 5.78 Å². The average molecular weight is 350 g/mol. The molecule has 0 unspecified atom stereocenters. The molecule has 1 aromatic heterocycles. The van der Waals surface area contributed by atoms with Gasteiger partial charge in [0.1, 0.15) is 10.8 Å². The number of para-hydroxylation sites is 1. The molecule has 3 rings (SSSR count). The number of hydrogen-bond acceptors (Lipinski definition) is 3. The quantitative estimate of drug-likeness (QED) is 0.645. The van der Waals surface area contributed by atoms with Crippen LogP contribution in [-0.2, 0) is 6.42 Å². The fraction of sp³-hybridized carbons (Fsp3) is 0.0667. The predicted molar refractivity (Wildman–Crippen MR) is 81.8 cm³/mol. The van der Waals surface area contributed by atoms with Crippen molar-refractivity contribution in [3.8, 4) is 0 Å². The number of carbonyl (C=O) groups is 1. The number of ketones is 1. The Labute approximate surface area is 127 Å². The van der Waals surface area contributed by atoms with Crippen LogP contribution in [0.15, 0.2) is 46.9 Å². The predicted octanol–water partition coefficient (Wildman–Crippen LogP) is 4.62. The number of benzene rings is 2. The minimum atomic E-state index is -0.374. The maximum Gasteiger partial charge on any atom is 0.169 e. The van der Waals surface area contributed by atoms with E-state index in [2.05, 4.69) is 20.9 Å². The number of hydrogen-bond donors (Lipinski definition) is 0. The lowest BCUT2D eigenvalue weighted by Crippen LogP contribution is -2.03. The van der Waals surface area contributed by atoms with Crippen LogP contribution in [0.2, 0.25) is 0 Å². The number of halogens is 2. The summed E-state index contributed by atoms with van der Waals surface area (Å²) in [5.41, 5.74) is 1.39. The van der Waals surface area contributed by atoms with E-state index >= 15 is 0 Å². The van der Waals surface area contributed by atoms with Gasteiger partial charge < -0.3 is 0 Å². The second-order valence-corrected chi connectivity index (χ2v) is 6.27. The molecular formula is C15H9BrFNOS. The number of rotatable bonds is 3. The number of Topliss-reactive ketones (excluding diaryl/α,β-unsaturated/α-hetero) is 1. The van der Waals surface area contributed by atoms with Crippen molar-refractivity contribution in [1.29, 1.82) is 0 Å². The van der Waals surface area contributed by atoms with Crippen LogP contribution in [0, 0.1) is 5.82 Å². The summed E-state index contributed by atoms with van der Waals surface area (Å²) in [5.74, 6) is -0.439. The van der Waals surface area contributed by atoms with Crippen molar-refractivity contribution < 1.29 is 9.18 Å². The van der Waals surface area contributed by atoms with Crippen molar-refractivity contribution in [1.82, 2.24) is 4.98 Å². The standard InChI is InChI=1S/C15H9BrFNOS/c16-10-7-9(5-6-11(10)17)13(19)8-15-18-12-3-1-2-4-14(12)20-15/h1-7H,8H2. The first kappa shape index (κ1) is 13.4. The van der Waals surface area contributed by atoms with Gasteiger partial charge in [0.05, 0.1) is 21.1 Å². The van der Waals surface area contributed by atoms with Crippen molar-refractivity contribution in [3.63, 3.8) is 0 Å². The number of thiazole rings is 1. The van der Waals surface area contributed by atoms with Gasteiger partial charge in [0, 0.05) is 5.56 Å². The first-order valence-corrected chi connectivity index (χ1v) is 7.57. The minimum absolute atomic E-state index is 0.0650. The van der Waals surface area contributed by atoms with E-state index in [1.165, 1.54) is 29.5 Å². The highest BCUT2D eigenvalue weighted by molar-refractivity contribution is 9.10. The Morgan fingerprint density at radius 3 is 2.80 bits per heavy atom. The summed E-state index contributed by atoms with van der Waals surface area (Å²) >= 11 is 4.60. The van der Waals surface area contributed by atoms with E-state index in [1.807, 2.05) is 24.3 Å². The largest absolute Gasteiger partial charge is 0.294 e. The van der Waals surface area contributed by atoms with E-state index in [4.69, 9.17) is 0 Å². The van der Waals surface area contributed by atoms with E-state index in [-0.39, 0.29) is 18.0 Å². The SMILES string of the molecule is O=C(Cc1nc2ccccc2s1)c1ccc(F)c(Br)c1. The third kappa shape index (κ3) is 2.64. The molecule has 2 nitrogen and oxygen atoms in total. The van der Waals surface area contributed by atoms with Gasteiger partial charge in [0.25, 0.3) is 0 Å². The molecule has 3 aromatic rings. The van der Waals surface area contributed by atoms with Gasteiger partial charge in [-0.25, -0.2) is 9.37 Å². The van der Waals surface area contributed by atoms with E-state index in [1.54, 1.807) is 0 Å². The molecule has 0 fully saturated rings. The zero-order valence-electron chi connectivity index (χ0n) is 10.3. The maximum absolute atomic E-state index is 13.2. The van der Waals surface area contributed by atoms with Gasteiger partial charge in [-0.2, -0.15) is 0 Å². The van der Waals surface area contributed by atoms with Crippen LogP contribution in [0.5, 0.6) is 0 Å². The van der Waals surface area contributed by atoms with Gasteiger partial charge in [-0.05, 0) is 46.3 Å². The number of aromatic nitrogens is 1. The highest BCUT2D eigenvalue weighted by Gasteiger charge is 2.12. The van der Waals surface area contributed by atoms with Crippen LogP contribution in [0.1, 0.15) is 15.4 Å². The molecule has 100 valence electrons. The molecule has 0 radical (unpaired) electrons. The molecule has 0 bridgehead atoms. The normalized spacial score (nSPS) is 10.9. The summed E-state index contributed by atoms with van der Waals surface area (Å²) in [5, 5.41) is 0.775. The molecule has 2 aromatic carbocycles. The number of nitrogens with zero attached hydrogens (tertiary/aromatic N) is 1.